The highest BCUT2D eigenvalue weighted by atomic mass is 16.5. The highest BCUT2D eigenvalue weighted by molar-refractivity contribution is 5.77. The third-order valence-electron chi connectivity index (χ3n) is 4.24. The van der Waals surface area contributed by atoms with Crippen molar-refractivity contribution >= 4 is 5.91 Å². The van der Waals surface area contributed by atoms with Crippen LogP contribution in [0.3, 0.4) is 0 Å². The Morgan fingerprint density at radius 3 is 2.92 bits per heavy atom. The number of benzene rings is 1. The second-order valence-electron chi connectivity index (χ2n) is 6.04. The number of aryl methyl sites for hydroxylation is 1. The Morgan fingerprint density at radius 1 is 1.33 bits per heavy atom. The predicted octanol–water partition coefficient (Wildman–Crippen LogP) is 3.10. The number of nitrogens with one attached hydrogen (secondary N) is 1. The molecule has 1 aliphatic rings. The van der Waals surface area contributed by atoms with Crippen LogP contribution in [0.2, 0.25) is 0 Å². The Kier molecular flexibility index (Phi) is 5.33. The summed E-state index contributed by atoms with van der Waals surface area (Å²) in [5.74, 6) is 1.44. The molecule has 5 heteroatoms. The van der Waals surface area contributed by atoms with E-state index in [9.17, 15) is 4.79 Å². The standard InChI is InChI=1S/C19H23NO4/c1-13-7-8-17(24-13)16(12-22-2)20-19(21)11-18-15-6-4-3-5-14(15)9-10-23-18/h3-8,16,18H,9-12H2,1-2H3,(H,20,21)/t16-,18-/m0/s1. The zero-order chi connectivity index (χ0) is 16.9. The first-order valence-corrected chi connectivity index (χ1v) is 8.21. The van der Waals surface area contributed by atoms with Crippen LogP contribution in [0.15, 0.2) is 40.8 Å². The number of carbonyl (C=O) groups excluding carboxylic acids is 1. The molecule has 0 spiro atoms. The summed E-state index contributed by atoms with van der Waals surface area (Å²) in [5, 5.41) is 2.99. The predicted molar refractivity (Wildman–Crippen MR) is 89.7 cm³/mol. The van der Waals surface area contributed by atoms with Gasteiger partial charge in [-0.05, 0) is 36.6 Å². The van der Waals surface area contributed by atoms with E-state index in [-0.39, 0.29) is 24.5 Å². The van der Waals surface area contributed by atoms with Crippen LogP contribution in [0.4, 0.5) is 0 Å². The van der Waals surface area contributed by atoms with Gasteiger partial charge in [-0.25, -0.2) is 0 Å². The van der Waals surface area contributed by atoms with Gasteiger partial charge in [0.05, 0.1) is 25.7 Å². The Labute approximate surface area is 141 Å². The van der Waals surface area contributed by atoms with Crippen LogP contribution >= 0.6 is 0 Å². The molecule has 0 radical (unpaired) electrons. The summed E-state index contributed by atoms with van der Waals surface area (Å²) in [4.78, 5) is 12.5. The molecule has 1 aliphatic heterocycles. The lowest BCUT2D eigenvalue weighted by Crippen LogP contribution is -2.33. The number of methoxy groups -OCH3 is 1. The molecule has 2 atom stereocenters. The van der Waals surface area contributed by atoms with E-state index in [2.05, 4.69) is 11.4 Å². The molecule has 0 fully saturated rings. The molecule has 1 aromatic heterocycles. The maximum atomic E-state index is 12.5. The van der Waals surface area contributed by atoms with Gasteiger partial charge < -0.3 is 19.2 Å². The summed E-state index contributed by atoms with van der Waals surface area (Å²) in [5.41, 5.74) is 2.37. The highest BCUT2D eigenvalue weighted by Gasteiger charge is 2.25. The molecule has 128 valence electrons. The van der Waals surface area contributed by atoms with Crippen molar-refractivity contribution in [1.82, 2.24) is 5.32 Å². The van der Waals surface area contributed by atoms with E-state index in [0.29, 0.717) is 19.0 Å². The summed E-state index contributed by atoms with van der Waals surface area (Å²) in [6.45, 7) is 2.89. The number of carbonyl (C=O) groups is 1. The molecule has 0 saturated carbocycles. The first-order chi connectivity index (χ1) is 11.7. The molecule has 0 bridgehead atoms. The summed E-state index contributed by atoms with van der Waals surface area (Å²) in [7, 11) is 1.61. The molecule has 0 unspecified atom stereocenters. The molecule has 1 N–H and O–H groups in total. The van der Waals surface area contributed by atoms with Crippen LogP contribution in [0.25, 0.3) is 0 Å². The Balaban J connectivity index is 1.66. The molecule has 3 rings (SSSR count). The quantitative estimate of drug-likeness (QED) is 0.885. The second-order valence-corrected chi connectivity index (χ2v) is 6.04. The van der Waals surface area contributed by atoms with Gasteiger partial charge in [0.2, 0.25) is 5.91 Å². The molecule has 0 saturated heterocycles. The normalized spacial score (nSPS) is 18.0. The minimum absolute atomic E-state index is 0.0761. The van der Waals surface area contributed by atoms with Gasteiger partial charge in [-0.1, -0.05) is 24.3 Å². The summed E-state index contributed by atoms with van der Waals surface area (Å²) < 4.78 is 16.6. The van der Waals surface area contributed by atoms with E-state index in [4.69, 9.17) is 13.9 Å². The van der Waals surface area contributed by atoms with Crippen molar-refractivity contribution in [2.24, 2.45) is 0 Å². The molecule has 1 amide bonds. The van der Waals surface area contributed by atoms with E-state index in [1.165, 1.54) is 5.56 Å². The minimum Gasteiger partial charge on any atom is -0.464 e. The van der Waals surface area contributed by atoms with E-state index in [0.717, 1.165) is 17.7 Å². The van der Waals surface area contributed by atoms with Crippen molar-refractivity contribution in [2.45, 2.75) is 31.9 Å². The number of amides is 1. The Bertz CT molecular complexity index is 694. The largest absolute Gasteiger partial charge is 0.464 e. The lowest BCUT2D eigenvalue weighted by molar-refractivity contribution is -0.125. The number of hydrogen-bond acceptors (Lipinski definition) is 4. The summed E-state index contributed by atoms with van der Waals surface area (Å²) in [6.07, 6.45) is 0.986. The SMILES string of the molecule is COC[C@H](NC(=O)C[C@@H]1OCCc2ccccc21)c1ccc(C)o1. The van der Waals surface area contributed by atoms with E-state index in [1.54, 1.807) is 7.11 Å². The number of hydrogen-bond donors (Lipinski definition) is 1. The molecule has 2 heterocycles. The van der Waals surface area contributed by atoms with Gasteiger partial charge in [-0.3, -0.25) is 4.79 Å². The second kappa shape index (κ2) is 7.64. The fourth-order valence-corrected chi connectivity index (χ4v) is 3.07. The van der Waals surface area contributed by atoms with E-state index >= 15 is 0 Å². The topological polar surface area (TPSA) is 60.7 Å². The zero-order valence-corrected chi connectivity index (χ0v) is 14.1. The van der Waals surface area contributed by atoms with Gasteiger partial charge in [0.1, 0.15) is 17.6 Å². The average molecular weight is 329 g/mol. The van der Waals surface area contributed by atoms with Crippen molar-refractivity contribution in [3.63, 3.8) is 0 Å². The number of rotatable bonds is 6. The Morgan fingerprint density at radius 2 is 2.17 bits per heavy atom. The number of fused-ring (bicyclic) bond motifs is 1. The first-order valence-electron chi connectivity index (χ1n) is 8.21. The third kappa shape index (κ3) is 3.86. The van der Waals surface area contributed by atoms with Crippen LogP contribution in [0.5, 0.6) is 0 Å². The maximum absolute atomic E-state index is 12.5. The number of ether oxygens (including phenoxy) is 2. The molecule has 24 heavy (non-hydrogen) atoms. The lowest BCUT2D eigenvalue weighted by Gasteiger charge is -2.26. The molecule has 2 aromatic rings. The zero-order valence-electron chi connectivity index (χ0n) is 14.1. The van der Waals surface area contributed by atoms with Crippen molar-refractivity contribution in [1.29, 1.82) is 0 Å². The molecule has 5 nitrogen and oxygen atoms in total. The maximum Gasteiger partial charge on any atom is 0.223 e. The van der Waals surface area contributed by atoms with Gasteiger partial charge in [0, 0.05) is 7.11 Å². The number of furan rings is 1. The summed E-state index contributed by atoms with van der Waals surface area (Å²) >= 11 is 0. The fourth-order valence-electron chi connectivity index (χ4n) is 3.07. The van der Waals surface area contributed by atoms with Crippen LogP contribution < -0.4 is 5.32 Å². The highest BCUT2D eigenvalue weighted by Crippen LogP contribution is 2.29. The van der Waals surface area contributed by atoms with Gasteiger partial charge in [-0.15, -0.1) is 0 Å². The third-order valence-corrected chi connectivity index (χ3v) is 4.24. The fraction of sp³-hybridized carbons (Fsp3) is 0.421. The minimum atomic E-state index is -0.296. The van der Waals surface area contributed by atoms with Crippen molar-refractivity contribution in [2.75, 3.05) is 20.3 Å². The van der Waals surface area contributed by atoms with Gasteiger partial charge >= 0.3 is 0 Å². The lowest BCUT2D eigenvalue weighted by atomic mass is 9.95. The smallest absolute Gasteiger partial charge is 0.223 e. The molecular weight excluding hydrogens is 306 g/mol. The van der Waals surface area contributed by atoms with Crippen molar-refractivity contribution < 1.29 is 18.7 Å². The van der Waals surface area contributed by atoms with Crippen LogP contribution in [0, 0.1) is 6.92 Å². The van der Waals surface area contributed by atoms with Crippen LogP contribution in [-0.2, 0) is 20.7 Å². The van der Waals surface area contributed by atoms with Gasteiger partial charge in [-0.2, -0.15) is 0 Å². The molecular formula is C19H23NO4. The van der Waals surface area contributed by atoms with Crippen LogP contribution in [-0.4, -0.2) is 26.2 Å². The average Bonchev–Trinajstić information content (AvgIpc) is 3.01. The van der Waals surface area contributed by atoms with Gasteiger partial charge in [0.15, 0.2) is 0 Å². The monoisotopic (exact) mass is 329 g/mol. The van der Waals surface area contributed by atoms with Crippen molar-refractivity contribution in [3.05, 3.63) is 59.0 Å². The molecule has 0 aliphatic carbocycles. The van der Waals surface area contributed by atoms with Gasteiger partial charge in [0.25, 0.3) is 0 Å². The van der Waals surface area contributed by atoms with Crippen molar-refractivity contribution in [3.8, 4) is 0 Å². The molecule has 1 aromatic carbocycles. The Hall–Kier alpha value is -2.11. The summed E-state index contributed by atoms with van der Waals surface area (Å²) in [6, 6.07) is 11.6. The van der Waals surface area contributed by atoms with Crippen LogP contribution in [0.1, 0.15) is 41.2 Å². The van der Waals surface area contributed by atoms with E-state index < -0.39 is 0 Å². The first kappa shape index (κ1) is 16.7. The van der Waals surface area contributed by atoms with E-state index in [1.807, 2.05) is 37.3 Å².